The molecule has 0 saturated carbocycles. The molecule has 0 amide bonds. The Balaban J connectivity index is 0.000000190. The zero-order valence-corrected chi connectivity index (χ0v) is 59.3. The van der Waals surface area contributed by atoms with Gasteiger partial charge in [0, 0.05) is 20.1 Å². The fourth-order valence-electron chi connectivity index (χ4n) is 9.63. The summed E-state index contributed by atoms with van der Waals surface area (Å²) in [6.07, 6.45) is 4.29. The van der Waals surface area contributed by atoms with Crippen LogP contribution >= 0.6 is 46.4 Å². The molecule has 0 radical (unpaired) electrons. The van der Waals surface area contributed by atoms with E-state index in [-0.39, 0.29) is 35.7 Å². The molecule has 0 bridgehead atoms. The van der Waals surface area contributed by atoms with Crippen molar-refractivity contribution in [3.8, 4) is 44.5 Å². The number of aryl methyl sites for hydroxylation is 4. The van der Waals surface area contributed by atoms with Crippen molar-refractivity contribution in [3.63, 3.8) is 0 Å². The first-order valence-electron chi connectivity index (χ1n) is 27.4. The normalized spacial score (nSPS) is 10.3. The summed E-state index contributed by atoms with van der Waals surface area (Å²) in [7, 11) is 0. The van der Waals surface area contributed by atoms with Crippen molar-refractivity contribution < 1.29 is 71.5 Å². The van der Waals surface area contributed by atoms with Gasteiger partial charge in [-0.3, -0.25) is 0 Å². The summed E-state index contributed by atoms with van der Waals surface area (Å²) >= 11 is 27.8. The number of rotatable bonds is 8. The average molecular weight is 1380 g/mol. The number of fused-ring (bicyclic) bond motifs is 4. The third-order valence-corrected chi connectivity index (χ3v) is 14.4. The molecule has 82 heavy (non-hydrogen) atoms. The zero-order valence-electron chi connectivity index (χ0n) is 47.9. The van der Waals surface area contributed by atoms with Gasteiger partial charge in [0.25, 0.3) is 0 Å². The van der Waals surface area contributed by atoms with Crippen LogP contribution in [0.4, 0.5) is 0 Å². The van der Waals surface area contributed by atoms with Gasteiger partial charge < -0.3 is 24.8 Å². The maximum absolute atomic E-state index is 6.08. The van der Waals surface area contributed by atoms with E-state index in [2.05, 4.69) is 199 Å². The van der Waals surface area contributed by atoms with E-state index in [9.17, 15) is 0 Å². The minimum atomic E-state index is 0. The van der Waals surface area contributed by atoms with Crippen LogP contribution in [0.1, 0.15) is 49.9 Å². The van der Waals surface area contributed by atoms with Gasteiger partial charge in [-0.2, -0.15) is 24.3 Å². The first-order valence-corrected chi connectivity index (χ1v) is 41.3. The molecular weight excluding hydrogens is 1320 g/mol. The number of halogens is 6. The van der Waals surface area contributed by atoms with Gasteiger partial charge in [0.2, 0.25) is 0 Å². The molecule has 0 fully saturated rings. The van der Waals surface area contributed by atoms with Crippen LogP contribution in [0.5, 0.6) is 0 Å². The largest absolute Gasteiger partial charge is 1.00 e. The van der Waals surface area contributed by atoms with Gasteiger partial charge in [-0.25, -0.2) is 0 Å². The molecule has 0 unspecified atom stereocenters. The molecule has 0 saturated heterocycles. The van der Waals surface area contributed by atoms with Gasteiger partial charge in [-0.15, -0.1) is 138 Å². The van der Waals surface area contributed by atoms with E-state index in [0.717, 1.165) is 45.8 Å². The Morgan fingerprint density at radius 1 is 0.305 bits per heavy atom. The molecule has 0 aliphatic rings. The smallest absolute Gasteiger partial charge is 1.00 e. The Bertz CT molecular complexity index is 3490. The zero-order chi connectivity index (χ0) is 57.3. The van der Waals surface area contributed by atoms with Crippen LogP contribution in [-0.2, 0) is 72.4 Å². The third-order valence-electron chi connectivity index (χ3n) is 13.4. The van der Waals surface area contributed by atoms with Gasteiger partial charge >= 0.3 is 83.7 Å². The molecule has 0 N–H and O–H groups in total. The van der Waals surface area contributed by atoms with E-state index in [1.165, 1.54) is 110 Å². The van der Waals surface area contributed by atoms with Gasteiger partial charge in [0.1, 0.15) is 0 Å². The van der Waals surface area contributed by atoms with Crippen LogP contribution in [-0.4, -0.2) is 10.9 Å². The predicted molar refractivity (Wildman–Crippen MR) is 352 cm³/mol. The summed E-state index contributed by atoms with van der Waals surface area (Å²) in [6.45, 7) is 18.0. The molecule has 0 aliphatic heterocycles. The van der Waals surface area contributed by atoms with E-state index in [1.807, 2.05) is 72.8 Å². The molecule has 12 aromatic carbocycles. The van der Waals surface area contributed by atoms with Crippen molar-refractivity contribution in [3.05, 3.63) is 261 Å². The maximum atomic E-state index is 6.08. The van der Waals surface area contributed by atoms with E-state index in [1.54, 1.807) is 46.7 Å². The fraction of sp³-hybridized carbons (Fsp3) is 0.167. The van der Waals surface area contributed by atoms with Gasteiger partial charge in [0.05, 0.1) is 0 Å². The summed E-state index contributed by atoms with van der Waals surface area (Å²) in [5.74, 6) is 0. The Morgan fingerprint density at radius 3 is 0.659 bits per heavy atom. The van der Waals surface area contributed by atoms with Crippen LogP contribution in [0.15, 0.2) is 218 Å². The van der Waals surface area contributed by atoms with Crippen molar-refractivity contribution in [1.82, 2.24) is 0 Å². The maximum Gasteiger partial charge on any atom is -1.00 e. The van der Waals surface area contributed by atoms with E-state index >= 15 is 0 Å². The Morgan fingerprint density at radius 2 is 0.488 bits per heavy atom. The number of benzene rings is 8. The predicted octanol–water partition coefficient (Wildman–Crippen LogP) is 17.3. The fourth-order valence-corrected chi connectivity index (χ4v) is 10.4. The number of hydrogen-bond acceptors (Lipinski definition) is 0. The molecule has 0 heterocycles. The molecule has 0 spiro atoms. The van der Waals surface area contributed by atoms with Crippen LogP contribution in [0.2, 0.25) is 46.3 Å². The standard InChI is InChI=1S/4C17H14Cl.2C2H6Si.2ClH.2Zr/c4*1-2-12-9-13-6-4-8-16(17(13)10-12)14-5-3-7-15(18)11-14;2*1-3-2;;;;/h4*3-11H,2H2,1H3;2*1-2H3;2*1H;;/q4*-1;;;;;2*+2/p-2. The van der Waals surface area contributed by atoms with Crippen molar-refractivity contribution in [2.45, 2.75) is 79.6 Å². The molecular formula is C72H68Cl6Si2Zr2-2. The first-order chi connectivity index (χ1) is 38.6. The monoisotopic (exact) mass is 1380 g/mol. The van der Waals surface area contributed by atoms with Crippen LogP contribution in [0, 0.1) is 0 Å². The molecule has 10 heteroatoms. The van der Waals surface area contributed by atoms with Gasteiger partial charge in [-0.1, -0.05) is 169 Å². The van der Waals surface area contributed by atoms with Crippen molar-refractivity contribution in [2.75, 3.05) is 0 Å². The van der Waals surface area contributed by atoms with Crippen LogP contribution in [0.3, 0.4) is 0 Å². The van der Waals surface area contributed by atoms with E-state index in [4.69, 9.17) is 46.4 Å². The molecule has 0 nitrogen and oxygen atoms in total. The van der Waals surface area contributed by atoms with Crippen LogP contribution in [0.25, 0.3) is 87.6 Å². The molecule has 12 aromatic rings. The second-order valence-electron chi connectivity index (χ2n) is 20.1. The van der Waals surface area contributed by atoms with E-state index < -0.39 is 0 Å². The van der Waals surface area contributed by atoms with Crippen molar-refractivity contribution >= 4 is 100 Å². The average Bonchev–Trinajstić information content (AvgIpc) is 4.29. The molecule has 0 atom stereocenters. The molecule has 416 valence electrons. The third kappa shape index (κ3) is 19.6. The second kappa shape index (κ2) is 34.3. The summed E-state index contributed by atoms with van der Waals surface area (Å²) in [5.41, 5.74) is 15.7. The van der Waals surface area contributed by atoms with E-state index in [0.29, 0.717) is 0 Å². The van der Waals surface area contributed by atoms with Crippen LogP contribution < -0.4 is 24.8 Å². The van der Waals surface area contributed by atoms with Gasteiger partial charge in [-0.05, 0) is 96.5 Å². The summed E-state index contributed by atoms with van der Waals surface area (Å²) < 4.78 is 0. The summed E-state index contributed by atoms with van der Waals surface area (Å²) in [5, 5.41) is 13.6. The second-order valence-corrected chi connectivity index (χ2v) is 40.6. The Hall–Kier alpha value is -3.86. The first kappa shape index (κ1) is 68.9. The van der Waals surface area contributed by atoms with Gasteiger partial charge in [0.15, 0.2) is 0 Å². The topological polar surface area (TPSA) is 0 Å². The minimum Gasteiger partial charge on any atom is -1.00 e. The summed E-state index contributed by atoms with van der Waals surface area (Å²) in [6, 6.07) is 76.1. The number of hydrogen-bond donors (Lipinski definition) is 0. The minimum absolute atomic E-state index is 0. The summed E-state index contributed by atoms with van der Waals surface area (Å²) in [4.78, 5) is 0. The molecule has 0 aliphatic carbocycles. The molecule has 0 aromatic heterocycles. The Kier molecular flexibility index (Phi) is 28.8. The SMILES string of the molecule is CCc1cc2c(-c3cccc(Cl)c3)cccc2[cH-]1.CCc1cc2c(-c3cccc(Cl)c3)cccc2[cH-]1.CCc1cc2c(-c3cccc(Cl)c3)cccc2[cH-]1.CCc1cc2c(-c3cccc(Cl)c3)cccc2[cH-]1.C[Si](C)=[Zr+2].C[Si](C)=[Zr+2].[Cl-].[Cl-]. The van der Waals surface area contributed by atoms with Crippen molar-refractivity contribution in [1.29, 1.82) is 0 Å². The quantitative estimate of drug-likeness (QED) is 0.105. The Labute approximate surface area is 550 Å². The molecule has 12 rings (SSSR count). The van der Waals surface area contributed by atoms with Crippen molar-refractivity contribution in [2.24, 2.45) is 0 Å².